The molecule has 0 radical (unpaired) electrons. The molecule has 0 N–H and O–H groups in total. The van der Waals surface area contributed by atoms with Crippen LogP contribution in [0.25, 0.3) is 61.7 Å². The van der Waals surface area contributed by atoms with Crippen molar-refractivity contribution in [3.8, 4) is 39.9 Å². The first-order valence-electron chi connectivity index (χ1n) is 23.7. The van der Waals surface area contributed by atoms with Gasteiger partial charge >= 0.3 is 6.85 Å². The number of fused-ring (bicyclic) bond motifs is 6. The van der Waals surface area contributed by atoms with E-state index < -0.39 is 10.0 Å². The predicted octanol–water partition coefficient (Wildman–Crippen LogP) is 14.6. The Morgan fingerprint density at radius 1 is 0.357 bits per heavy atom. The van der Waals surface area contributed by atoms with E-state index >= 15 is 0 Å². The zero-order valence-electron chi connectivity index (χ0n) is 38.1. The van der Waals surface area contributed by atoms with Crippen molar-refractivity contribution in [3.63, 3.8) is 0 Å². The molecular weight excluding hydrogens is 870 g/mol. The van der Waals surface area contributed by atoms with Crippen LogP contribution in [0.5, 0.6) is 0 Å². The first-order valence-corrected chi connectivity index (χ1v) is 25.3. The Balaban J connectivity index is 1.04. The number of nitrogens with zero attached hydrogens (tertiary/aromatic N) is 5. The van der Waals surface area contributed by atoms with Gasteiger partial charge in [-0.2, -0.15) is 9.97 Å². The average molecular weight is 914 g/mol. The normalized spacial score (nSPS) is 12.5. The summed E-state index contributed by atoms with van der Waals surface area (Å²) >= 11 is 0. The molecule has 0 saturated heterocycles. The molecule has 1 aliphatic rings. The summed E-state index contributed by atoms with van der Waals surface area (Å²) < 4.78 is 2.20. The number of benzene rings is 10. The molecule has 0 aliphatic carbocycles. The molecule has 0 spiro atoms. The van der Waals surface area contributed by atoms with Crippen molar-refractivity contribution in [2.45, 2.75) is 19.6 Å². The van der Waals surface area contributed by atoms with Gasteiger partial charge in [0.2, 0.25) is 5.95 Å². The summed E-state index contributed by atoms with van der Waals surface area (Å²) in [5, 5.41) is 2.28. The Morgan fingerprint density at radius 2 is 0.829 bits per heavy atom. The van der Waals surface area contributed by atoms with Gasteiger partial charge in [0.05, 0.1) is 11.0 Å². The van der Waals surface area contributed by atoms with Gasteiger partial charge < -0.3 is 4.81 Å². The predicted molar refractivity (Wildman–Crippen MR) is 291 cm³/mol. The van der Waals surface area contributed by atoms with Crippen LogP contribution < -0.4 is 15.7 Å². The van der Waals surface area contributed by atoms with Gasteiger partial charge in [-0.3, -0.25) is 4.57 Å². The molecule has 0 unspecified atom stereocenters. The van der Waals surface area contributed by atoms with E-state index in [0.717, 1.165) is 44.3 Å². The van der Waals surface area contributed by atoms with Crippen LogP contribution in [0.2, 0.25) is 0 Å². The van der Waals surface area contributed by atoms with Gasteiger partial charge in [-0.25, -0.2) is 4.98 Å². The van der Waals surface area contributed by atoms with Crippen LogP contribution in [0.3, 0.4) is 0 Å². The van der Waals surface area contributed by atoms with E-state index in [9.17, 15) is 0 Å². The minimum Gasteiger partial charge on any atom is -0.376 e. The first-order chi connectivity index (χ1) is 34.7. The molecule has 10 aromatic carbocycles. The Hall–Kier alpha value is -8.78. The van der Waals surface area contributed by atoms with Crippen molar-refractivity contribution in [1.82, 2.24) is 19.5 Å². The van der Waals surface area contributed by atoms with Gasteiger partial charge in [-0.15, -0.1) is 10.0 Å². The topological polar surface area (TPSA) is 46.8 Å². The second-order valence-electron chi connectivity index (χ2n) is 17.6. The van der Waals surface area contributed by atoms with E-state index in [0.29, 0.717) is 17.6 Å². The van der Waals surface area contributed by atoms with Crippen LogP contribution >= 0.6 is 10.0 Å². The molecule has 0 saturated carbocycles. The summed E-state index contributed by atoms with van der Waals surface area (Å²) in [5.41, 5.74) is 11.0. The smallest absolute Gasteiger partial charge is 0.328 e. The molecule has 12 aromatic rings. The fourth-order valence-electron chi connectivity index (χ4n) is 10.6. The quantitative estimate of drug-likeness (QED) is 0.135. The largest absolute Gasteiger partial charge is 0.376 e. The number of hydrogen-bond donors (Lipinski definition) is 0. The number of hydrogen-bond acceptors (Lipinski definition) is 4. The highest BCUT2D eigenvalue weighted by atomic mass is 32.3. The summed E-state index contributed by atoms with van der Waals surface area (Å²) in [6.07, 6.45) is 0. The first kappa shape index (κ1) is 41.4. The Bertz CT molecular complexity index is 3710. The maximum atomic E-state index is 5.48. The molecular formula is C63H44BN5S. The van der Waals surface area contributed by atoms with Crippen LogP contribution in [0.1, 0.15) is 0 Å². The van der Waals surface area contributed by atoms with Crippen molar-refractivity contribution < 1.29 is 0 Å². The third-order valence-corrected chi connectivity index (χ3v) is 17.5. The van der Waals surface area contributed by atoms with E-state index in [2.05, 4.69) is 276 Å². The van der Waals surface area contributed by atoms with E-state index in [1.807, 2.05) is 0 Å². The highest BCUT2D eigenvalue weighted by Crippen LogP contribution is 2.73. The maximum Gasteiger partial charge on any atom is 0.328 e. The zero-order chi connectivity index (χ0) is 46.4. The Kier molecular flexibility index (Phi) is 10.3. The van der Waals surface area contributed by atoms with Crippen LogP contribution in [0, 0.1) is 0 Å². The van der Waals surface area contributed by atoms with E-state index in [1.54, 1.807) is 0 Å². The Morgan fingerprint density at radius 3 is 1.44 bits per heavy atom. The summed E-state index contributed by atoms with van der Waals surface area (Å²) in [6.45, 7) is -0.0750. The lowest BCUT2D eigenvalue weighted by Crippen LogP contribution is -2.57. The lowest BCUT2D eigenvalue weighted by molar-refractivity contribution is 0.953. The van der Waals surface area contributed by atoms with Gasteiger partial charge in [0, 0.05) is 58.4 Å². The standard InChI is InChI=1S/C63H44BN5S/c1-5-25-47(26-6-1)64-57-39-17-13-35-53(57)54-36-16-20-42-60(54)69(64)48-27-21-23-45(43-48)61-65-62(67-63(66-61)68-58-40-18-14-37-55(58)56-38-15-19-41-59(56)68)46-24-22-34-52(44-46)70(49-28-7-2-8-29-49,50-30-9-3-10-31-50)51-32-11-4-12-33-51/h1-44H. The van der Waals surface area contributed by atoms with Crippen LogP contribution in [-0.4, -0.2) is 26.4 Å². The number of rotatable bonds is 9. The summed E-state index contributed by atoms with van der Waals surface area (Å²) in [7, 11) is -1.99. The maximum absolute atomic E-state index is 5.48. The molecule has 3 heterocycles. The molecule has 7 heteroatoms. The monoisotopic (exact) mass is 913 g/mol. The molecule has 0 fully saturated rings. The number of anilines is 2. The molecule has 0 atom stereocenters. The van der Waals surface area contributed by atoms with Gasteiger partial charge in [0.1, 0.15) is 0 Å². The molecule has 1 aliphatic heterocycles. The summed E-state index contributed by atoms with van der Waals surface area (Å²) in [4.78, 5) is 23.8. The third-order valence-electron chi connectivity index (χ3n) is 13.6. The molecule has 0 bridgehead atoms. The molecule has 330 valence electrons. The van der Waals surface area contributed by atoms with Crippen molar-refractivity contribution in [2.75, 3.05) is 4.81 Å². The molecule has 5 nitrogen and oxygen atoms in total. The van der Waals surface area contributed by atoms with Gasteiger partial charge in [0.15, 0.2) is 11.6 Å². The zero-order valence-corrected chi connectivity index (χ0v) is 38.9. The van der Waals surface area contributed by atoms with Crippen molar-refractivity contribution >= 4 is 61.0 Å². The second-order valence-corrected chi connectivity index (χ2v) is 20.7. The second kappa shape index (κ2) is 17.4. The van der Waals surface area contributed by atoms with Crippen molar-refractivity contribution in [2.24, 2.45) is 0 Å². The summed E-state index contributed by atoms with van der Waals surface area (Å²) in [5.74, 6) is 1.74. The molecule has 0 amide bonds. The fraction of sp³-hybridized carbons (Fsp3) is 0. The Labute approximate surface area is 409 Å². The highest BCUT2D eigenvalue weighted by molar-refractivity contribution is 8.34. The van der Waals surface area contributed by atoms with E-state index in [1.165, 1.54) is 41.6 Å². The van der Waals surface area contributed by atoms with Gasteiger partial charge in [-0.05, 0) is 89.9 Å². The number of aromatic nitrogens is 4. The average Bonchev–Trinajstić information content (AvgIpc) is 3.78. The highest BCUT2D eigenvalue weighted by Gasteiger charge is 2.37. The molecule has 2 aromatic heterocycles. The van der Waals surface area contributed by atoms with Crippen LogP contribution in [-0.2, 0) is 0 Å². The van der Waals surface area contributed by atoms with Crippen LogP contribution in [0.4, 0.5) is 11.4 Å². The van der Waals surface area contributed by atoms with Crippen molar-refractivity contribution in [3.05, 3.63) is 267 Å². The van der Waals surface area contributed by atoms with E-state index in [-0.39, 0.29) is 6.85 Å². The van der Waals surface area contributed by atoms with Crippen molar-refractivity contribution in [1.29, 1.82) is 0 Å². The number of para-hydroxylation sites is 3. The molecule has 13 rings (SSSR count). The van der Waals surface area contributed by atoms with Gasteiger partial charge in [-0.1, -0.05) is 194 Å². The lowest BCUT2D eigenvalue weighted by atomic mass is 9.46. The fourth-order valence-corrected chi connectivity index (χ4v) is 14.5. The third kappa shape index (κ3) is 6.85. The van der Waals surface area contributed by atoms with E-state index in [4.69, 9.17) is 15.0 Å². The summed E-state index contributed by atoms with van der Waals surface area (Å²) in [6, 6.07) is 96.0. The SMILES string of the molecule is c1ccc(B2c3ccccc3-c3ccccc3N2c2cccc(-c3nc(-c4cccc(S(c5ccccc5)(c5ccccc5)c5ccccc5)c4)nc(-n4c5ccccc5c5ccccc54)n3)c2)cc1. The minimum atomic E-state index is -1.99. The lowest BCUT2D eigenvalue weighted by Gasteiger charge is -2.42. The van der Waals surface area contributed by atoms with Crippen LogP contribution in [0.15, 0.2) is 287 Å². The molecule has 70 heavy (non-hydrogen) atoms. The van der Waals surface area contributed by atoms with Gasteiger partial charge in [0.25, 0.3) is 0 Å². The minimum absolute atomic E-state index is 0.0750.